The average molecular weight is 596 g/mol. The molecule has 0 bridgehead atoms. The fourth-order valence-corrected chi connectivity index (χ4v) is 4.40. The molecule has 0 spiro atoms. The lowest BCUT2D eigenvalue weighted by atomic mass is 9.83. The molecule has 0 aromatic heterocycles. The molecular weight excluding hydrogens is 558 g/mol. The number of halogens is 1. The highest BCUT2D eigenvalue weighted by molar-refractivity contribution is 6.18. The van der Waals surface area contributed by atoms with E-state index in [0.717, 1.165) is 25.6 Å². The number of likely N-dealkylation sites (N-methyl/N-ethyl adjacent to an activating group) is 1. The van der Waals surface area contributed by atoms with Gasteiger partial charge in [-0.15, -0.1) is 11.6 Å². The van der Waals surface area contributed by atoms with Crippen molar-refractivity contribution in [3.63, 3.8) is 0 Å². The standard InChI is InChI=1S/C26H28ClNO.C7H10O6/c1-28(2)19-20-29-24-15-13-23(14-16-24)26(22-11-7-4-8-12-22)25(17-18-27)21-9-5-3-6-10-21;1-7(6(12)13,2-4(8)9)3-5(10)11/h3-16H,17-20H2,1-2H3;2-3H2,1H3,(H,8,9)(H,10,11)(H,12,13)/b26-25-;. The highest BCUT2D eigenvalue weighted by Gasteiger charge is 2.38. The summed E-state index contributed by atoms with van der Waals surface area (Å²) >= 11 is 6.21. The SMILES string of the molecule is CC(CC(=O)O)(CC(=O)O)C(=O)O.CN(C)CCOc1ccc(/C(=C(/CCCl)c2ccccc2)c2ccccc2)cc1. The predicted molar refractivity (Wildman–Crippen MR) is 165 cm³/mol. The minimum Gasteiger partial charge on any atom is -0.492 e. The van der Waals surface area contributed by atoms with Crippen LogP contribution in [0.3, 0.4) is 0 Å². The molecule has 224 valence electrons. The van der Waals surface area contributed by atoms with Crippen molar-refractivity contribution < 1.29 is 34.4 Å². The van der Waals surface area contributed by atoms with Crippen LogP contribution in [-0.2, 0) is 14.4 Å². The van der Waals surface area contributed by atoms with Gasteiger partial charge >= 0.3 is 17.9 Å². The number of allylic oxidation sites excluding steroid dienone is 1. The number of carboxylic acids is 3. The maximum atomic E-state index is 10.6. The number of hydrogen-bond donors (Lipinski definition) is 3. The van der Waals surface area contributed by atoms with Gasteiger partial charge in [0.2, 0.25) is 0 Å². The zero-order chi connectivity index (χ0) is 31.1. The Morgan fingerprint density at radius 2 is 1.24 bits per heavy atom. The van der Waals surface area contributed by atoms with Crippen molar-refractivity contribution in [1.29, 1.82) is 0 Å². The topological polar surface area (TPSA) is 124 Å². The molecule has 3 aromatic rings. The van der Waals surface area contributed by atoms with Crippen LogP contribution in [0.4, 0.5) is 0 Å². The van der Waals surface area contributed by atoms with Crippen LogP contribution >= 0.6 is 11.6 Å². The fraction of sp³-hybridized carbons (Fsp3) is 0.303. The molecule has 0 fully saturated rings. The van der Waals surface area contributed by atoms with E-state index in [9.17, 15) is 14.4 Å². The summed E-state index contributed by atoms with van der Waals surface area (Å²) in [5.41, 5.74) is 4.30. The summed E-state index contributed by atoms with van der Waals surface area (Å²) in [5, 5.41) is 25.3. The second-order valence-electron chi connectivity index (χ2n) is 10.2. The van der Waals surface area contributed by atoms with Crippen LogP contribution in [0.1, 0.15) is 42.9 Å². The number of benzene rings is 3. The Bertz CT molecular complexity index is 1310. The second kappa shape index (κ2) is 17.0. The molecule has 0 aliphatic carbocycles. The van der Waals surface area contributed by atoms with Crippen LogP contribution in [0, 0.1) is 5.41 Å². The summed E-state index contributed by atoms with van der Waals surface area (Å²) in [4.78, 5) is 33.2. The highest BCUT2D eigenvalue weighted by Crippen LogP contribution is 2.35. The van der Waals surface area contributed by atoms with Crippen LogP contribution in [0.25, 0.3) is 11.1 Å². The van der Waals surface area contributed by atoms with Gasteiger partial charge in [0.1, 0.15) is 12.4 Å². The third-order valence-corrected chi connectivity index (χ3v) is 6.57. The predicted octanol–water partition coefficient (Wildman–Crippen LogP) is 6.24. The third kappa shape index (κ3) is 11.0. The first-order valence-electron chi connectivity index (χ1n) is 13.4. The van der Waals surface area contributed by atoms with Crippen molar-refractivity contribution in [3.05, 3.63) is 102 Å². The Hall–Kier alpha value is -4.14. The summed E-state index contributed by atoms with van der Waals surface area (Å²) in [6, 6.07) is 29.4. The molecule has 0 saturated carbocycles. The molecule has 8 nitrogen and oxygen atoms in total. The maximum absolute atomic E-state index is 10.6. The van der Waals surface area contributed by atoms with Gasteiger partial charge in [-0.25, -0.2) is 0 Å². The van der Waals surface area contributed by atoms with Gasteiger partial charge in [-0.05, 0) is 67.4 Å². The van der Waals surface area contributed by atoms with Crippen molar-refractivity contribution in [3.8, 4) is 5.75 Å². The molecule has 0 amide bonds. The number of alkyl halides is 1. The molecule has 0 saturated heterocycles. The number of aliphatic carboxylic acids is 3. The maximum Gasteiger partial charge on any atom is 0.310 e. The van der Waals surface area contributed by atoms with Gasteiger partial charge in [0.25, 0.3) is 0 Å². The Morgan fingerprint density at radius 3 is 1.67 bits per heavy atom. The lowest BCUT2D eigenvalue weighted by Crippen LogP contribution is -2.32. The van der Waals surface area contributed by atoms with E-state index in [1.54, 1.807) is 0 Å². The van der Waals surface area contributed by atoms with Crippen molar-refractivity contribution >= 4 is 40.7 Å². The highest BCUT2D eigenvalue weighted by atomic mass is 35.5. The molecule has 3 N–H and O–H groups in total. The Labute approximate surface area is 251 Å². The molecule has 0 heterocycles. The Morgan fingerprint density at radius 1 is 0.762 bits per heavy atom. The third-order valence-electron chi connectivity index (χ3n) is 6.38. The zero-order valence-corrected chi connectivity index (χ0v) is 24.9. The van der Waals surface area contributed by atoms with Gasteiger partial charge in [0.15, 0.2) is 0 Å². The van der Waals surface area contributed by atoms with Crippen LogP contribution in [0.15, 0.2) is 84.9 Å². The summed E-state index contributed by atoms with van der Waals surface area (Å²) in [5.74, 6) is -2.61. The van der Waals surface area contributed by atoms with Gasteiger partial charge < -0.3 is 25.0 Å². The smallest absolute Gasteiger partial charge is 0.310 e. The Kier molecular flexibility index (Phi) is 13.8. The molecule has 42 heavy (non-hydrogen) atoms. The molecule has 0 aliphatic rings. The van der Waals surface area contributed by atoms with E-state index in [4.69, 9.17) is 31.7 Å². The van der Waals surface area contributed by atoms with Gasteiger partial charge in [-0.1, -0.05) is 72.8 Å². The lowest BCUT2D eigenvalue weighted by Gasteiger charge is -2.19. The molecule has 0 atom stereocenters. The number of carbonyl (C=O) groups is 3. The van der Waals surface area contributed by atoms with Gasteiger partial charge in [0, 0.05) is 12.4 Å². The van der Waals surface area contributed by atoms with Crippen LogP contribution < -0.4 is 4.74 Å². The van der Waals surface area contributed by atoms with Gasteiger partial charge in [0.05, 0.1) is 18.3 Å². The first-order valence-corrected chi connectivity index (χ1v) is 13.9. The summed E-state index contributed by atoms with van der Waals surface area (Å²) < 4.78 is 5.87. The van der Waals surface area contributed by atoms with E-state index in [1.807, 2.05) is 26.2 Å². The molecule has 3 aromatic carbocycles. The van der Waals surface area contributed by atoms with E-state index in [1.165, 1.54) is 27.8 Å². The molecular formula is C33H38ClNO7. The molecule has 3 rings (SSSR count). The van der Waals surface area contributed by atoms with E-state index < -0.39 is 36.2 Å². The van der Waals surface area contributed by atoms with E-state index >= 15 is 0 Å². The van der Waals surface area contributed by atoms with Crippen molar-refractivity contribution in [2.45, 2.75) is 26.2 Å². The summed E-state index contributed by atoms with van der Waals surface area (Å²) in [6.45, 7) is 2.66. The van der Waals surface area contributed by atoms with E-state index in [2.05, 4.69) is 77.7 Å². The largest absolute Gasteiger partial charge is 0.492 e. The number of hydrogen-bond acceptors (Lipinski definition) is 5. The van der Waals surface area contributed by atoms with Gasteiger partial charge in [-0.3, -0.25) is 14.4 Å². The first kappa shape index (κ1) is 34.1. The summed E-state index contributed by atoms with van der Waals surface area (Å²) in [6.07, 6.45) is -0.597. The van der Waals surface area contributed by atoms with Crippen molar-refractivity contribution in [2.24, 2.45) is 5.41 Å². The minimum absolute atomic E-state index is 0.576. The van der Waals surface area contributed by atoms with Crippen molar-refractivity contribution in [2.75, 3.05) is 33.1 Å². The zero-order valence-electron chi connectivity index (χ0n) is 24.1. The minimum atomic E-state index is -1.74. The van der Waals surface area contributed by atoms with Crippen LogP contribution in [0.5, 0.6) is 5.75 Å². The quantitative estimate of drug-likeness (QED) is 0.148. The number of ether oxygens (including phenoxy) is 1. The normalized spacial score (nSPS) is 11.6. The number of rotatable bonds is 14. The Balaban J connectivity index is 0.000000401. The van der Waals surface area contributed by atoms with Gasteiger partial charge in [-0.2, -0.15) is 0 Å². The van der Waals surface area contributed by atoms with Crippen LogP contribution in [0.2, 0.25) is 0 Å². The lowest BCUT2D eigenvalue weighted by molar-refractivity contribution is -0.159. The number of carboxylic acid groups (broad SMARTS) is 3. The van der Waals surface area contributed by atoms with Crippen LogP contribution in [-0.4, -0.2) is 71.3 Å². The fourth-order valence-electron chi connectivity index (χ4n) is 4.21. The molecule has 0 unspecified atom stereocenters. The van der Waals surface area contributed by atoms with Crippen molar-refractivity contribution in [1.82, 2.24) is 4.90 Å². The average Bonchev–Trinajstić information content (AvgIpc) is 2.94. The second-order valence-corrected chi connectivity index (χ2v) is 10.6. The first-order chi connectivity index (χ1) is 20.0. The molecule has 0 radical (unpaired) electrons. The summed E-state index contributed by atoms with van der Waals surface area (Å²) in [7, 11) is 4.09. The van der Waals surface area contributed by atoms with E-state index in [0.29, 0.717) is 12.5 Å². The molecule has 0 aliphatic heterocycles. The monoisotopic (exact) mass is 595 g/mol. The van der Waals surface area contributed by atoms with E-state index in [-0.39, 0.29) is 0 Å². The number of nitrogens with zero attached hydrogens (tertiary/aromatic N) is 1. The molecule has 9 heteroatoms.